The summed E-state index contributed by atoms with van der Waals surface area (Å²) in [5, 5.41) is 10.0. The maximum absolute atomic E-state index is 12.8. The largest absolute Gasteiger partial charge is 1.00 e. The van der Waals surface area contributed by atoms with Gasteiger partial charge in [0.15, 0.2) is 0 Å². The third-order valence-electron chi connectivity index (χ3n) is 1.54. The molecule has 0 aliphatic heterocycles. The fourth-order valence-electron chi connectivity index (χ4n) is 0.809. The van der Waals surface area contributed by atoms with Gasteiger partial charge >= 0.3 is 57.3 Å². The van der Waals surface area contributed by atoms with Crippen LogP contribution in [0.4, 0.5) is 8.78 Å². The van der Waals surface area contributed by atoms with E-state index in [0.29, 0.717) is 0 Å². The summed E-state index contributed by atoms with van der Waals surface area (Å²) in [6.45, 7) is 0. The van der Waals surface area contributed by atoms with Gasteiger partial charge in [-0.2, -0.15) is 8.78 Å². The third-order valence-corrected chi connectivity index (χ3v) is 2.28. The van der Waals surface area contributed by atoms with Gasteiger partial charge in [0, 0.05) is 5.56 Å². The van der Waals surface area contributed by atoms with Crippen LogP contribution in [-0.4, -0.2) is 5.97 Å². The maximum atomic E-state index is 12.8. The molecule has 0 unspecified atom stereocenters. The Kier molecular flexibility index (Phi) is 6.21. The Morgan fingerprint density at radius 2 is 1.80 bits per heavy atom. The van der Waals surface area contributed by atoms with Gasteiger partial charge in [0.2, 0.25) is 0 Å². The first-order valence-electron chi connectivity index (χ1n) is 3.40. The van der Waals surface area contributed by atoms with Gasteiger partial charge in [-0.15, -0.1) is 0 Å². The van der Waals surface area contributed by atoms with Crippen molar-refractivity contribution in [3.63, 3.8) is 0 Å². The predicted molar refractivity (Wildman–Crippen MR) is 45.4 cm³/mol. The van der Waals surface area contributed by atoms with E-state index >= 15 is 0 Å². The van der Waals surface area contributed by atoms with E-state index in [1.165, 1.54) is 0 Å². The molecule has 0 aromatic heterocycles. The van der Waals surface area contributed by atoms with Crippen molar-refractivity contribution in [2.45, 2.75) is 5.92 Å². The Balaban J connectivity index is 0.00000196. The molecule has 0 fully saturated rings. The van der Waals surface area contributed by atoms with E-state index in [0.717, 1.165) is 18.2 Å². The van der Waals surface area contributed by atoms with Crippen LogP contribution in [0.2, 0.25) is 10.0 Å². The fourth-order valence-corrected chi connectivity index (χ4v) is 1.11. The molecule has 0 radical (unpaired) electrons. The van der Waals surface area contributed by atoms with Crippen LogP contribution in [-0.2, 0) is 10.7 Å². The second-order valence-electron chi connectivity index (χ2n) is 2.49. The van der Waals surface area contributed by atoms with Crippen molar-refractivity contribution in [3.05, 3.63) is 33.8 Å². The molecule has 2 nitrogen and oxygen atoms in total. The molecule has 0 atom stereocenters. The summed E-state index contributed by atoms with van der Waals surface area (Å²) in [6.07, 6.45) is 0. The Labute approximate surface area is 137 Å². The molecule has 0 aliphatic rings. The molecule has 0 bridgehead atoms. The minimum Gasteiger partial charge on any atom is -0.544 e. The number of alkyl halides is 2. The smallest absolute Gasteiger partial charge is 0.544 e. The van der Waals surface area contributed by atoms with Gasteiger partial charge < -0.3 is 9.90 Å². The predicted octanol–water partition coefficient (Wildman–Crippen LogP) is -1.16. The van der Waals surface area contributed by atoms with Crippen molar-refractivity contribution < 1.29 is 70.1 Å². The fraction of sp³-hybridized carbons (Fsp3) is 0.125. The number of hydrogen-bond donors (Lipinski definition) is 0. The molecule has 15 heavy (non-hydrogen) atoms. The molecule has 0 heterocycles. The van der Waals surface area contributed by atoms with Crippen LogP contribution in [0, 0.1) is 0 Å². The summed E-state index contributed by atoms with van der Waals surface area (Å²) in [4.78, 5) is 10.1. The number of carbonyl (C=O) groups excluding carboxylic acids is 1. The first kappa shape index (κ1) is 15.8. The molecular weight excluding hydrogens is 276 g/mol. The number of carbonyl (C=O) groups is 1. The van der Waals surface area contributed by atoms with Gasteiger partial charge in [-0.3, -0.25) is 0 Å². The van der Waals surface area contributed by atoms with E-state index in [9.17, 15) is 18.7 Å². The van der Waals surface area contributed by atoms with Gasteiger partial charge in [0.05, 0.1) is 10.0 Å². The van der Waals surface area contributed by atoms with Crippen LogP contribution < -0.4 is 56.5 Å². The van der Waals surface area contributed by atoms with Gasteiger partial charge in [0.1, 0.15) is 5.97 Å². The van der Waals surface area contributed by atoms with Crippen LogP contribution in [0.3, 0.4) is 0 Å². The zero-order valence-corrected chi connectivity index (χ0v) is 12.2. The molecule has 0 spiro atoms. The average molecular weight is 279 g/mol. The number of halogens is 4. The number of carboxylic acids is 1. The van der Waals surface area contributed by atoms with Gasteiger partial charge in [0.25, 0.3) is 0 Å². The van der Waals surface area contributed by atoms with Gasteiger partial charge in [-0.05, 0) is 12.1 Å². The van der Waals surface area contributed by atoms with Crippen molar-refractivity contribution in [1.82, 2.24) is 0 Å². The number of rotatable bonds is 2. The molecule has 0 amide bonds. The van der Waals surface area contributed by atoms with Crippen LogP contribution in [0.25, 0.3) is 0 Å². The minimum absolute atomic E-state index is 0. The molecule has 1 aromatic rings. The summed E-state index contributed by atoms with van der Waals surface area (Å²) in [6, 6.07) is 2.76. The first-order valence-corrected chi connectivity index (χ1v) is 4.16. The summed E-state index contributed by atoms with van der Waals surface area (Å²) in [5.74, 6) is -6.54. The van der Waals surface area contributed by atoms with Crippen LogP contribution >= 0.6 is 23.2 Å². The van der Waals surface area contributed by atoms with Crippen LogP contribution in [0.15, 0.2) is 18.2 Å². The molecule has 0 saturated carbocycles. The van der Waals surface area contributed by atoms with Crippen molar-refractivity contribution in [2.24, 2.45) is 0 Å². The van der Waals surface area contributed by atoms with E-state index in [4.69, 9.17) is 23.2 Å². The van der Waals surface area contributed by atoms with E-state index in [1.807, 2.05) is 0 Å². The molecule has 0 aliphatic carbocycles. The second-order valence-corrected chi connectivity index (χ2v) is 3.31. The molecule has 76 valence electrons. The Bertz CT molecular complexity index is 385. The summed E-state index contributed by atoms with van der Waals surface area (Å²) in [7, 11) is 0. The maximum Gasteiger partial charge on any atom is 1.00 e. The van der Waals surface area contributed by atoms with E-state index in [-0.39, 0.29) is 61.4 Å². The van der Waals surface area contributed by atoms with Crippen molar-refractivity contribution in [3.8, 4) is 0 Å². The summed E-state index contributed by atoms with van der Waals surface area (Å²) >= 11 is 10.9. The number of aliphatic carboxylic acids is 1. The monoisotopic (exact) mass is 278 g/mol. The van der Waals surface area contributed by atoms with E-state index < -0.39 is 17.5 Å². The molecule has 0 saturated heterocycles. The van der Waals surface area contributed by atoms with Crippen LogP contribution in [0.5, 0.6) is 0 Å². The molecule has 1 rings (SSSR count). The quantitative estimate of drug-likeness (QED) is 0.641. The average Bonchev–Trinajstić information content (AvgIpc) is 2.09. The SMILES string of the molecule is O=C([O-])C(F)(F)c1ccc(Cl)c(Cl)c1.[K+]. The van der Waals surface area contributed by atoms with Crippen molar-refractivity contribution >= 4 is 29.2 Å². The Morgan fingerprint density at radius 3 is 2.20 bits per heavy atom. The number of hydrogen-bond acceptors (Lipinski definition) is 2. The van der Waals surface area contributed by atoms with Gasteiger partial charge in [-0.1, -0.05) is 29.3 Å². The summed E-state index contributed by atoms with van der Waals surface area (Å²) < 4.78 is 25.7. The van der Waals surface area contributed by atoms with Crippen LogP contribution in [0.1, 0.15) is 5.56 Å². The Hall–Kier alpha value is 0.766. The molecule has 1 aromatic carbocycles. The third kappa shape index (κ3) is 3.62. The summed E-state index contributed by atoms with van der Waals surface area (Å²) in [5.41, 5.74) is -0.758. The molecule has 7 heteroatoms. The van der Waals surface area contributed by atoms with Crippen molar-refractivity contribution in [1.29, 1.82) is 0 Å². The van der Waals surface area contributed by atoms with E-state index in [1.54, 1.807) is 0 Å². The number of carboxylic acid groups (broad SMARTS) is 1. The second kappa shape index (κ2) is 5.91. The van der Waals surface area contributed by atoms with Gasteiger partial charge in [-0.25, -0.2) is 0 Å². The van der Waals surface area contributed by atoms with Crippen molar-refractivity contribution in [2.75, 3.05) is 0 Å². The topological polar surface area (TPSA) is 40.1 Å². The minimum atomic E-state index is -4.06. The number of benzene rings is 1. The first-order chi connectivity index (χ1) is 6.35. The molecular formula is C8H3Cl2F2KO2. The Morgan fingerprint density at radius 1 is 1.27 bits per heavy atom. The molecule has 0 N–H and O–H groups in total. The standard InChI is InChI=1S/C8H4Cl2F2O2.K/c9-5-2-1-4(3-6(5)10)8(11,12)7(13)14;/h1-3H,(H,13,14);/q;+1/p-1. The zero-order valence-electron chi connectivity index (χ0n) is 7.56. The van der Waals surface area contributed by atoms with E-state index in [2.05, 4.69) is 0 Å². The zero-order chi connectivity index (χ0) is 10.9. The normalized spacial score (nSPS) is 10.7.